The number of hydrogen-bond donors (Lipinski definition) is 2. The van der Waals surface area contributed by atoms with Gasteiger partial charge in [0.15, 0.2) is 11.5 Å². The number of rotatable bonds is 2. The van der Waals surface area contributed by atoms with Crippen molar-refractivity contribution in [3.8, 4) is 11.5 Å². The molecule has 2 aromatic carbocycles. The van der Waals surface area contributed by atoms with E-state index < -0.39 is 0 Å². The highest BCUT2D eigenvalue weighted by molar-refractivity contribution is 7.80. The maximum atomic E-state index is 12.1. The van der Waals surface area contributed by atoms with E-state index in [9.17, 15) is 4.79 Å². The number of amides is 1. The Bertz CT molecular complexity index is 642. The number of fused-ring (bicyclic) bond motifs is 1. The fourth-order valence-corrected chi connectivity index (χ4v) is 2.03. The van der Waals surface area contributed by atoms with Crippen LogP contribution in [0.4, 0.5) is 5.69 Å². The van der Waals surface area contributed by atoms with Gasteiger partial charge >= 0.3 is 0 Å². The van der Waals surface area contributed by atoms with E-state index in [0.717, 1.165) is 4.90 Å². The van der Waals surface area contributed by atoms with Crippen LogP contribution in [-0.2, 0) is 0 Å². The number of ether oxygens (including phenoxy) is 2. The average Bonchev–Trinajstić information content (AvgIpc) is 2.88. The third-order valence-electron chi connectivity index (χ3n) is 2.79. The quantitative estimate of drug-likeness (QED) is 0.827. The van der Waals surface area contributed by atoms with Crippen LogP contribution in [0, 0.1) is 0 Å². The molecule has 5 heteroatoms. The number of thiol groups is 1. The monoisotopic (exact) mass is 273 g/mol. The second-order valence-electron chi connectivity index (χ2n) is 4.04. The molecule has 1 aliphatic heterocycles. The molecule has 0 aliphatic carbocycles. The van der Waals surface area contributed by atoms with E-state index in [0.29, 0.717) is 22.7 Å². The Morgan fingerprint density at radius 2 is 1.89 bits per heavy atom. The Labute approximate surface area is 115 Å². The standard InChI is InChI=1S/C14H11NO3S/c16-14(15-10-3-1-2-4-13(10)19)9-5-6-11-12(7-9)18-8-17-11/h1-7,19H,8H2,(H,15,16). The van der Waals surface area contributed by atoms with Crippen molar-refractivity contribution in [3.05, 3.63) is 48.0 Å². The molecule has 0 fully saturated rings. The maximum Gasteiger partial charge on any atom is 0.255 e. The lowest BCUT2D eigenvalue weighted by Crippen LogP contribution is -2.12. The van der Waals surface area contributed by atoms with Gasteiger partial charge in [0, 0.05) is 10.5 Å². The van der Waals surface area contributed by atoms with E-state index in [1.807, 2.05) is 18.2 Å². The van der Waals surface area contributed by atoms with Crippen LogP contribution in [0.3, 0.4) is 0 Å². The van der Waals surface area contributed by atoms with E-state index in [1.54, 1.807) is 24.3 Å². The van der Waals surface area contributed by atoms with Gasteiger partial charge < -0.3 is 14.8 Å². The van der Waals surface area contributed by atoms with Crippen molar-refractivity contribution in [1.29, 1.82) is 0 Å². The summed E-state index contributed by atoms with van der Waals surface area (Å²) in [4.78, 5) is 12.8. The third-order valence-corrected chi connectivity index (χ3v) is 3.18. The van der Waals surface area contributed by atoms with Crippen LogP contribution in [0.25, 0.3) is 0 Å². The van der Waals surface area contributed by atoms with Gasteiger partial charge in [0.1, 0.15) is 0 Å². The molecule has 3 rings (SSSR count). The van der Waals surface area contributed by atoms with Gasteiger partial charge in [-0.2, -0.15) is 0 Å². The fourth-order valence-electron chi connectivity index (χ4n) is 1.81. The number of anilines is 1. The Morgan fingerprint density at radius 1 is 1.11 bits per heavy atom. The van der Waals surface area contributed by atoms with Gasteiger partial charge in [-0.25, -0.2) is 0 Å². The molecule has 0 aromatic heterocycles. The minimum atomic E-state index is -0.209. The van der Waals surface area contributed by atoms with Gasteiger partial charge in [-0.1, -0.05) is 12.1 Å². The van der Waals surface area contributed by atoms with E-state index >= 15 is 0 Å². The first-order chi connectivity index (χ1) is 9.24. The van der Waals surface area contributed by atoms with Gasteiger partial charge in [-0.05, 0) is 30.3 Å². The molecule has 4 nitrogen and oxygen atoms in total. The van der Waals surface area contributed by atoms with Crippen LogP contribution < -0.4 is 14.8 Å². The number of carbonyl (C=O) groups is 1. The molecule has 0 atom stereocenters. The SMILES string of the molecule is O=C(Nc1ccccc1S)c1ccc2c(c1)OCO2. The number of para-hydroxylation sites is 1. The first kappa shape index (κ1) is 11.9. The van der Waals surface area contributed by atoms with Crippen LogP contribution in [0.1, 0.15) is 10.4 Å². The molecule has 2 aromatic rings. The topological polar surface area (TPSA) is 47.6 Å². The molecule has 0 unspecified atom stereocenters. The lowest BCUT2D eigenvalue weighted by atomic mass is 10.2. The van der Waals surface area contributed by atoms with Crippen LogP contribution >= 0.6 is 12.6 Å². The Hall–Kier alpha value is -2.14. The van der Waals surface area contributed by atoms with Crippen molar-refractivity contribution in [3.63, 3.8) is 0 Å². The molecule has 1 N–H and O–H groups in total. The normalized spacial score (nSPS) is 12.3. The summed E-state index contributed by atoms with van der Waals surface area (Å²) in [6.07, 6.45) is 0. The summed E-state index contributed by atoms with van der Waals surface area (Å²) in [6, 6.07) is 12.4. The van der Waals surface area contributed by atoms with Gasteiger partial charge in [-0.15, -0.1) is 12.6 Å². The highest BCUT2D eigenvalue weighted by Crippen LogP contribution is 2.32. The Balaban J connectivity index is 1.83. The fraction of sp³-hybridized carbons (Fsp3) is 0.0714. The Morgan fingerprint density at radius 3 is 2.74 bits per heavy atom. The van der Waals surface area contributed by atoms with E-state index in [-0.39, 0.29) is 12.7 Å². The lowest BCUT2D eigenvalue weighted by molar-refractivity contribution is 0.102. The molecular weight excluding hydrogens is 262 g/mol. The number of carbonyl (C=O) groups excluding carboxylic acids is 1. The first-order valence-electron chi connectivity index (χ1n) is 5.73. The minimum Gasteiger partial charge on any atom is -0.454 e. The molecule has 0 saturated carbocycles. The van der Waals surface area contributed by atoms with Gasteiger partial charge in [0.2, 0.25) is 6.79 Å². The molecule has 1 amide bonds. The second kappa shape index (κ2) is 4.85. The zero-order chi connectivity index (χ0) is 13.2. The number of hydrogen-bond acceptors (Lipinski definition) is 4. The smallest absolute Gasteiger partial charge is 0.255 e. The van der Waals surface area contributed by atoms with Crippen molar-refractivity contribution < 1.29 is 14.3 Å². The summed E-state index contributed by atoms with van der Waals surface area (Å²) in [5, 5.41) is 2.81. The second-order valence-corrected chi connectivity index (χ2v) is 4.52. The Kier molecular flexibility index (Phi) is 3.05. The number of benzene rings is 2. The van der Waals surface area contributed by atoms with Crippen molar-refractivity contribution in [1.82, 2.24) is 0 Å². The van der Waals surface area contributed by atoms with Gasteiger partial charge in [0.25, 0.3) is 5.91 Å². The summed E-state index contributed by atoms with van der Waals surface area (Å²) < 4.78 is 10.5. The van der Waals surface area contributed by atoms with Crippen LogP contribution in [0.2, 0.25) is 0 Å². The highest BCUT2D eigenvalue weighted by atomic mass is 32.1. The van der Waals surface area contributed by atoms with Crippen molar-refractivity contribution >= 4 is 24.2 Å². The summed E-state index contributed by atoms with van der Waals surface area (Å²) in [6.45, 7) is 0.194. The molecule has 1 aliphatic rings. The van der Waals surface area contributed by atoms with Crippen LogP contribution in [-0.4, -0.2) is 12.7 Å². The predicted molar refractivity (Wildman–Crippen MR) is 74.2 cm³/mol. The predicted octanol–water partition coefficient (Wildman–Crippen LogP) is 2.96. The van der Waals surface area contributed by atoms with E-state index in [2.05, 4.69) is 17.9 Å². The minimum absolute atomic E-state index is 0.194. The molecule has 19 heavy (non-hydrogen) atoms. The largest absolute Gasteiger partial charge is 0.454 e. The summed E-state index contributed by atoms with van der Waals surface area (Å²) >= 11 is 4.29. The number of nitrogens with one attached hydrogen (secondary N) is 1. The molecule has 96 valence electrons. The van der Waals surface area contributed by atoms with Gasteiger partial charge in [-0.3, -0.25) is 4.79 Å². The highest BCUT2D eigenvalue weighted by Gasteiger charge is 2.16. The molecule has 0 saturated heterocycles. The van der Waals surface area contributed by atoms with Crippen molar-refractivity contribution in [2.75, 3.05) is 12.1 Å². The van der Waals surface area contributed by atoms with Crippen molar-refractivity contribution in [2.45, 2.75) is 4.90 Å². The summed E-state index contributed by atoms with van der Waals surface area (Å²) in [7, 11) is 0. The summed E-state index contributed by atoms with van der Waals surface area (Å²) in [5.41, 5.74) is 1.19. The zero-order valence-electron chi connectivity index (χ0n) is 9.92. The molecule has 0 spiro atoms. The maximum absolute atomic E-state index is 12.1. The summed E-state index contributed by atoms with van der Waals surface area (Å²) in [5.74, 6) is 1.04. The molecular formula is C14H11NO3S. The van der Waals surface area contributed by atoms with Crippen LogP contribution in [0.5, 0.6) is 11.5 Å². The zero-order valence-corrected chi connectivity index (χ0v) is 10.8. The third kappa shape index (κ3) is 2.37. The van der Waals surface area contributed by atoms with Crippen molar-refractivity contribution in [2.24, 2.45) is 0 Å². The first-order valence-corrected chi connectivity index (χ1v) is 6.18. The van der Waals surface area contributed by atoms with E-state index in [4.69, 9.17) is 9.47 Å². The molecule has 0 bridgehead atoms. The average molecular weight is 273 g/mol. The van der Waals surface area contributed by atoms with Gasteiger partial charge in [0.05, 0.1) is 5.69 Å². The molecule has 1 heterocycles. The molecule has 0 radical (unpaired) electrons. The van der Waals surface area contributed by atoms with E-state index in [1.165, 1.54) is 0 Å². The lowest BCUT2D eigenvalue weighted by Gasteiger charge is -2.07. The van der Waals surface area contributed by atoms with Crippen LogP contribution in [0.15, 0.2) is 47.4 Å².